The monoisotopic (exact) mass is 398 g/mol. The Bertz CT molecular complexity index is 733. The van der Waals surface area contributed by atoms with Crippen molar-refractivity contribution in [3.05, 3.63) is 36.7 Å². The van der Waals surface area contributed by atoms with Crippen molar-refractivity contribution in [1.82, 2.24) is 19.7 Å². The van der Waals surface area contributed by atoms with Crippen LogP contribution in [0, 0.1) is 0 Å². The SMILES string of the molecule is O=C(CSc1nncn1-c1ccccc1)N(C1CCCCC1)C1CCCCC1. The van der Waals surface area contributed by atoms with Crippen LogP contribution in [-0.2, 0) is 4.79 Å². The van der Waals surface area contributed by atoms with E-state index in [-0.39, 0.29) is 5.91 Å². The van der Waals surface area contributed by atoms with E-state index in [1.807, 2.05) is 34.9 Å². The van der Waals surface area contributed by atoms with Crippen LogP contribution in [-0.4, -0.2) is 43.4 Å². The van der Waals surface area contributed by atoms with Crippen molar-refractivity contribution in [2.24, 2.45) is 0 Å². The van der Waals surface area contributed by atoms with Crippen molar-refractivity contribution < 1.29 is 4.79 Å². The van der Waals surface area contributed by atoms with Gasteiger partial charge in [0.15, 0.2) is 5.16 Å². The zero-order valence-corrected chi connectivity index (χ0v) is 17.3. The van der Waals surface area contributed by atoms with Gasteiger partial charge < -0.3 is 4.90 Å². The smallest absolute Gasteiger partial charge is 0.233 e. The maximum Gasteiger partial charge on any atom is 0.233 e. The van der Waals surface area contributed by atoms with Gasteiger partial charge in [-0.2, -0.15) is 0 Å². The number of para-hydroxylation sites is 1. The lowest BCUT2D eigenvalue weighted by atomic mass is 9.88. The number of carbonyl (C=O) groups excluding carboxylic acids is 1. The van der Waals surface area contributed by atoms with Crippen LogP contribution in [0.15, 0.2) is 41.8 Å². The van der Waals surface area contributed by atoms with Gasteiger partial charge in [0.2, 0.25) is 5.91 Å². The quantitative estimate of drug-likeness (QED) is 0.653. The average molecular weight is 399 g/mol. The van der Waals surface area contributed by atoms with Gasteiger partial charge in [-0.1, -0.05) is 68.5 Å². The first kappa shape index (κ1) is 19.5. The molecule has 2 aliphatic rings. The number of carbonyl (C=O) groups is 1. The molecule has 2 aliphatic carbocycles. The first-order valence-electron chi connectivity index (χ1n) is 10.7. The van der Waals surface area contributed by atoms with Gasteiger partial charge >= 0.3 is 0 Å². The van der Waals surface area contributed by atoms with Crippen LogP contribution in [0.1, 0.15) is 64.2 Å². The number of benzene rings is 1. The molecule has 2 fully saturated rings. The van der Waals surface area contributed by atoms with Crippen molar-refractivity contribution in [2.45, 2.75) is 81.4 Å². The number of hydrogen-bond donors (Lipinski definition) is 0. The third kappa shape index (κ3) is 4.59. The fourth-order valence-electron chi connectivity index (χ4n) is 4.71. The van der Waals surface area contributed by atoms with Gasteiger partial charge in [-0.3, -0.25) is 9.36 Å². The summed E-state index contributed by atoms with van der Waals surface area (Å²) < 4.78 is 1.96. The van der Waals surface area contributed by atoms with Crippen molar-refractivity contribution in [3.8, 4) is 5.69 Å². The van der Waals surface area contributed by atoms with E-state index in [1.165, 1.54) is 76.0 Å². The molecular weight excluding hydrogens is 368 g/mol. The topological polar surface area (TPSA) is 51.0 Å². The molecular formula is C22H30N4OS. The lowest BCUT2D eigenvalue weighted by Gasteiger charge is -2.41. The van der Waals surface area contributed by atoms with Crippen LogP contribution in [0.3, 0.4) is 0 Å². The highest BCUT2D eigenvalue weighted by atomic mass is 32.2. The molecule has 1 amide bonds. The molecule has 0 atom stereocenters. The largest absolute Gasteiger partial charge is 0.336 e. The summed E-state index contributed by atoms with van der Waals surface area (Å²) in [6.07, 6.45) is 14.1. The van der Waals surface area contributed by atoms with Crippen LogP contribution in [0.4, 0.5) is 0 Å². The fourth-order valence-corrected chi connectivity index (χ4v) is 5.51. The summed E-state index contributed by atoms with van der Waals surface area (Å²) in [5.41, 5.74) is 1.03. The number of aromatic nitrogens is 3. The standard InChI is InChI=1S/C22H30N4OS/c27-21(16-28-22-24-23-17-25(22)18-10-4-1-5-11-18)26(19-12-6-2-7-13-19)20-14-8-3-9-15-20/h1,4-5,10-11,17,19-20H,2-3,6-9,12-16H2. The Morgan fingerprint density at radius 1 is 0.964 bits per heavy atom. The molecule has 28 heavy (non-hydrogen) atoms. The highest BCUT2D eigenvalue weighted by Gasteiger charge is 2.32. The third-order valence-electron chi connectivity index (χ3n) is 6.10. The van der Waals surface area contributed by atoms with E-state index in [1.54, 1.807) is 6.33 Å². The minimum Gasteiger partial charge on any atom is -0.336 e. The Labute approximate surface area is 171 Å². The molecule has 0 aliphatic heterocycles. The van der Waals surface area contributed by atoms with Crippen LogP contribution in [0.2, 0.25) is 0 Å². The predicted octanol–water partition coefficient (Wildman–Crippen LogP) is 4.85. The van der Waals surface area contributed by atoms with E-state index >= 15 is 0 Å². The molecule has 1 aromatic heterocycles. The van der Waals surface area contributed by atoms with Crippen molar-refractivity contribution in [3.63, 3.8) is 0 Å². The second-order valence-electron chi connectivity index (χ2n) is 7.99. The van der Waals surface area contributed by atoms with E-state index in [4.69, 9.17) is 0 Å². The molecule has 1 heterocycles. The Kier molecular flexibility index (Phi) is 6.68. The van der Waals surface area contributed by atoms with E-state index in [0.29, 0.717) is 17.8 Å². The van der Waals surface area contributed by atoms with Gasteiger partial charge in [-0.05, 0) is 37.8 Å². The number of thioether (sulfide) groups is 1. The first-order chi connectivity index (χ1) is 13.8. The molecule has 6 heteroatoms. The molecule has 0 N–H and O–H groups in total. The second kappa shape index (κ2) is 9.59. The van der Waals surface area contributed by atoms with Crippen LogP contribution in [0.5, 0.6) is 0 Å². The summed E-state index contributed by atoms with van der Waals surface area (Å²) in [5, 5.41) is 9.11. The van der Waals surface area contributed by atoms with Gasteiger partial charge in [0, 0.05) is 17.8 Å². The lowest BCUT2D eigenvalue weighted by Crippen LogP contribution is -2.49. The van der Waals surface area contributed by atoms with Crippen molar-refractivity contribution >= 4 is 17.7 Å². The Hall–Kier alpha value is -1.82. The summed E-state index contributed by atoms with van der Waals surface area (Å²) in [6.45, 7) is 0. The van der Waals surface area contributed by atoms with Crippen LogP contribution >= 0.6 is 11.8 Å². The molecule has 0 unspecified atom stereocenters. The van der Waals surface area contributed by atoms with E-state index in [0.717, 1.165) is 10.8 Å². The zero-order valence-electron chi connectivity index (χ0n) is 16.5. The first-order valence-corrected chi connectivity index (χ1v) is 11.7. The molecule has 0 radical (unpaired) electrons. The summed E-state index contributed by atoms with van der Waals surface area (Å²) in [5.74, 6) is 0.727. The normalized spacial score (nSPS) is 18.9. The summed E-state index contributed by atoms with van der Waals surface area (Å²) in [7, 11) is 0. The summed E-state index contributed by atoms with van der Waals surface area (Å²) in [4.78, 5) is 15.6. The molecule has 4 rings (SSSR count). The van der Waals surface area contributed by atoms with Gasteiger partial charge in [0.25, 0.3) is 0 Å². The van der Waals surface area contributed by atoms with Gasteiger partial charge in [-0.15, -0.1) is 10.2 Å². The molecule has 0 bridgehead atoms. The third-order valence-corrected chi connectivity index (χ3v) is 7.03. The molecule has 2 saturated carbocycles. The maximum atomic E-state index is 13.3. The molecule has 150 valence electrons. The van der Waals surface area contributed by atoms with E-state index < -0.39 is 0 Å². The molecule has 0 spiro atoms. The fraction of sp³-hybridized carbons (Fsp3) is 0.591. The Morgan fingerprint density at radius 2 is 1.57 bits per heavy atom. The summed E-state index contributed by atoms with van der Waals surface area (Å²) >= 11 is 1.51. The number of hydrogen-bond acceptors (Lipinski definition) is 4. The minimum absolute atomic E-state index is 0.284. The Balaban J connectivity index is 1.45. The Morgan fingerprint density at radius 3 is 2.18 bits per heavy atom. The summed E-state index contributed by atoms with van der Waals surface area (Å²) in [6, 6.07) is 11.0. The van der Waals surface area contributed by atoms with Gasteiger partial charge in [0.1, 0.15) is 6.33 Å². The average Bonchev–Trinajstić information content (AvgIpc) is 3.23. The highest BCUT2D eigenvalue weighted by molar-refractivity contribution is 7.99. The van der Waals surface area contributed by atoms with E-state index in [9.17, 15) is 4.79 Å². The predicted molar refractivity (Wildman–Crippen MR) is 113 cm³/mol. The van der Waals surface area contributed by atoms with Gasteiger partial charge in [-0.25, -0.2) is 0 Å². The zero-order chi connectivity index (χ0) is 19.2. The molecule has 1 aromatic carbocycles. The molecule has 2 aromatic rings. The molecule has 0 saturated heterocycles. The maximum absolute atomic E-state index is 13.3. The van der Waals surface area contributed by atoms with Crippen molar-refractivity contribution in [1.29, 1.82) is 0 Å². The van der Waals surface area contributed by atoms with E-state index in [2.05, 4.69) is 15.1 Å². The van der Waals surface area contributed by atoms with Crippen LogP contribution in [0.25, 0.3) is 5.69 Å². The van der Waals surface area contributed by atoms with Crippen LogP contribution < -0.4 is 0 Å². The minimum atomic E-state index is 0.284. The van der Waals surface area contributed by atoms with Crippen molar-refractivity contribution in [2.75, 3.05) is 5.75 Å². The van der Waals surface area contributed by atoms with Gasteiger partial charge in [0.05, 0.1) is 5.75 Å². The lowest BCUT2D eigenvalue weighted by molar-refractivity contribution is -0.135. The second-order valence-corrected chi connectivity index (χ2v) is 8.93. The number of rotatable bonds is 6. The molecule has 5 nitrogen and oxygen atoms in total. The number of amides is 1. The highest BCUT2D eigenvalue weighted by Crippen LogP contribution is 2.31. The number of nitrogens with zero attached hydrogens (tertiary/aromatic N) is 4.